The molecule has 1 aliphatic heterocycles. The molecule has 2 aromatic rings. The molecular weight excluding hydrogens is 344 g/mol. The molecule has 0 atom stereocenters. The number of pyridine rings is 1. The molecule has 5 nitrogen and oxygen atoms in total. The Hall–Kier alpha value is -2.18. The van der Waals surface area contributed by atoms with Gasteiger partial charge in [-0.3, -0.25) is 4.90 Å². The standard InChI is InChI=1S/C20H26N4OS/c1-15-12-16(2)21-19(13-15)22-20(26)24-10-8-23(9-11-24)14-17-4-6-18(25-3)7-5-17/h4-7,12-13H,8-11,14H2,1-3H3,(H,21,22,26). The summed E-state index contributed by atoms with van der Waals surface area (Å²) in [5.41, 5.74) is 3.49. The lowest BCUT2D eigenvalue weighted by Crippen LogP contribution is -2.49. The maximum absolute atomic E-state index is 5.58. The lowest BCUT2D eigenvalue weighted by molar-refractivity contribution is 0.177. The number of hydrogen-bond donors (Lipinski definition) is 1. The van der Waals surface area contributed by atoms with Crippen LogP contribution in [0.15, 0.2) is 36.4 Å². The topological polar surface area (TPSA) is 40.6 Å². The average molecular weight is 371 g/mol. The Morgan fingerprint density at radius 3 is 2.42 bits per heavy atom. The molecule has 0 saturated carbocycles. The van der Waals surface area contributed by atoms with E-state index in [1.807, 2.05) is 25.1 Å². The van der Waals surface area contributed by atoms with E-state index in [4.69, 9.17) is 17.0 Å². The first-order valence-corrected chi connectivity index (χ1v) is 9.31. The van der Waals surface area contributed by atoms with E-state index in [0.717, 1.165) is 55.1 Å². The summed E-state index contributed by atoms with van der Waals surface area (Å²) in [6.45, 7) is 8.86. The molecule has 1 aliphatic rings. The third-order valence-corrected chi connectivity index (χ3v) is 4.92. The van der Waals surface area contributed by atoms with Crippen LogP contribution in [0.3, 0.4) is 0 Å². The molecule has 3 rings (SSSR count). The lowest BCUT2D eigenvalue weighted by Gasteiger charge is -2.36. The summed E-state index contributed by atoms with van der Waals surface area (Å²) in [6, 6.07) is 12.4. The van der Waals surface area contributed by atoms with Crippen molar-refractivity contribution in [2.24, 2.45) is 0 Å². The van der Waals surface area contributed by atoms with Crippen LogP contribution in [0, 0.1) is 13.8 Å². The molecule has 0 radical (unpaired) electrons. The number of hydrogen-bond acceptors (Lipinski definition) is 4. The van der Waals surface area contributed by atoms with Gasteiger partial charge in [-0.2, -0.15) is 0 Å². The Balaban J connectivity index is 1.50. The van der Waals surface area contributed by atoms with E-state index in [0.29, 0.717) is 0 Å². The number of piperazine rings is 1. The SMILES string of the molecule is COc1ccc(CN2CCN(C(=S)Nc3cc(C)cc(C)n3)CC2)cc1. The molecule has 0 amide bonds. The van der Waals surface area contributed by atoms with Gasteiger partial charge in [0.2, 0.25) is 0 Å². The van der Waals surface area contributed by atoms with Gasteiger partial charge in [-0.15, -0.1) is 0 Å². The van der Waals surface area contributed by atoms with Gasteiger partial charge < -0.3 is 15.0 Å². The highest BCUT2D eigenvalue weighted by molar-refractivity contribution is 7.80. The van der Waals surface area contributed by atoms with Gasteiger partial charge >= 0.3 is 0 Å². The number of thiocarbonyl (C=S) groups is 1. The number of aryl methyl sites for hydroxylation is 2. The van der Waals surface area contributed by atoms with Crippen molar-refractivity contribution in [2.45, 2.75) is 20.4 Å². The summed E-state index contributed by atoms with van der Waals surface area (Å²) in [4.78, 5) is 9.18. The number of anilines is 1. The largest absolute Gasteiger partial charge is 0.497 e. The Morgan fingerprint density at radius 1 is 1.12 bits per heavy atom. The lowest BCUT2D eigenvalue weighted by atomic mass is 10.2. The minimum atomic E-state index is 0.756. The number of nitrogens with zero attached hydrogens (tertiary/aromatic N) is 3. The highest BCUT2D eigenvalue weighted by Gasteiger charge is 2.19. The van der Waals surface area contributed by atoms with Crippen LogP contribution in [0.4, 0.5) is 5.82 Å². The average Bonchev–Trinajstić information content (AvgIpc) is 2.62. The van der Waals surface area contributed by atoms with Gasteiger partial charge in [0.1, 0.15) is 11.6 Å². The fraction of sp³-hybridized carbons (Fsp3) is 0.400. The zero-order valence-corrected chi connectivity index (χ0v) is 16.5. The third kappa shape index (κ3) is 4.93. The molecule has 6 heteroatoms. The second-order valence-electron chi connectivity index (χ2n) is 6.71. The molecule has 1 saturated heterocycles. The van der Waals surface area contributed by atoms with Gasteiger partial charge in [-0.1, -0.05) is 12.1 Å². The smallest absolute Gasteiger partial charge is 0.174 e. The fourth-order valence-corrected chi connectivity index (χ4v) is 3.48. The highest BCUT2D eigenvalue weighted by Crippen LogP contribution is 2.15. The van der Waals surface area contributed by atoms with E-state index in [1.54, 1.807) is 7.11 Å². The summed E-state index contributed by atoms with van der Waals surface area (Å²) < 4.78 is 5.22. The van der Waals surface area contributed by atoms with E-state index in [9.17, 15) is 0 Å². The fourth-order valence-electron chi connectivity index (χ4n) is 3.19. The number of methoxy groups -OCH3 is 1. The summed E-state index contributed by atoms with van der Waals surface area (Å²) in [6.07, 6.45) is 0. The van der Waals surface area contributed by atoms with E-state index in [-0.39, 0.29) is 0 Å². The number of nitrogens with one attached hydrogen (secondary N) is 1. The maximum atomic E-state index is 5.58. The van der Waals surface area contributed by atoms with E-state index in [1.165, 1.54) is 11.1 Å². The maximum Gasteiger partial charge on any atom is 0.174 e. The molecule has 0 bridgehead atoms. The monoisotopic (exact) mass is 370 g/mol. The Morgan fingerprint density at radius 2 is 1.81 bits per heavy atom. The summed E-state index contributed by atoms with van der Waals surface area (Å²) in [5, 5.41) is 4.04. The summed E-state index contributed by atoms with van der Waals surface area (Å²) in [7, 11) is 1.69. The number of rotatable bonds is 4. The molecule has 1 fully saturated rings. The molecule has 1 aromatic carbocycles. The minimum Gasteiger partial charge on any atom is -0.497 e. The van der Waals surface area contributed by atoms with Crippen molar-refractivity contribution in [3.8, 4) is 5.75 Å². The quantitative estimate of drug-likeness (QED) is 0.834. The van der Waals surface area contributed by atoms with Crippen molar-refractivity contribution in [2.75, 3.05) is 38.6 Å². The van der Waals surface area contributed by atoms with Crippen molar-refractivity contribution < 1.29 is 4.74 Å². The van der Waals surface area contributed by atoms with E-state index >= 15 is 0 Å². The van der Waals surface area contributed by atoms with Gasteiger partial charge in [0.15, 0.2) is 5.11 Å². The zero-order chi connectivity index (χ0) is 18.5. The number of benzene rings is 1. The molecule has 138 valence electrons. The first-order valence-electron chi connectivity index (χ1n) is 8.90. The first kappa shape index (κ1) is 18.6. The first-order chi connectivity index (χ1) is 12.5. The van der Waals surface area contributed by atoms with Crippen molar-refractivity contribution in [1.82, 2.24) is 14.8 Å². The van der Waals surface area contributed by atoms with Gasteiger partial charge in [0.25, 0.3) is 0 Å². The van der Waals surface area contributed by atoms with Gasteiger partial charge in [-0.05, 0) is 61.5 Å². The van der Waals surface area contributed by atoms with Gasteiger partial charge in [0.05, 0.1) is 7.11 Å². The van der Waals surface area contributed by atoms with Crippen LogP contribution in [0.25, 0.3) is 0 Å². The van der Waals surface area contributed by atoms with Gasteiger partial charge in [0, 0.05) is 38.4 Å². The van der Waals surface area contributed by atoms with Crippen LogP contribution < -0.4 is 10.1 Å². The molecule has 0 spiro atoms. The van der Waals surface area contributed by atoms with Crippen molar-refractivity contribution in [1.29, 1.82) is 0 Å². The van der Waals surface area contributed by atoms with Crippen molar-refractivity contribution >= 4 is 23.1 Å². The molecule has 26 heavy (non-hydrogen) atoms. The molecule has 0 aliphatic carbocycles. The van der Waals surface area contributed by atoms with Crippen LogP contribution in [-0.4, -0.2) is 53.2 Å². The second kappa shape index (κ2) is 8.47. The van der Waals surface area contributed by atoms with Crippen LogP contribution in [0.2, 0.25) is 0 Å². The molecular formula is C20H26N4OS. The minimum absolute atomic E-state index is 0.756. The highest BCUT2D eigenvalue weighted by atomic mass is 32.1. The Kier molecular flexibility index (Phi) is 6.06. The predicted molar refractivity (Wildman–Crippen MR) is 110 cm³/mol. The van der Waals surface area contributed by atoms with E-state index in [2.05, 4.69) is 45.2 Å². The van der Waals surface area contributed by atoms with Crippen LogP contribution in [0.1, 0.15) is 16.8 Å². The van der Waals surface area contributed by atoms with Crippen molar-refractivity contribution in [3.05, 3.63) is 53.2 Å². The Bertz CT molecular complexity index is 735. The molecule has 1 N–H and O–H groups in total. The normalized spacial score (nSPS) is 15.0. The number of aromatic nitrogens is 1. The zero-order valence-electron chi connectivity index (χ0n) is 15.7. The molecule has 1 aromatic heterocycles. The Labute approximate surface area is 161 Å². The molecule has 2 heterocycles. The third-order valence-electron chi connectivity index (χ3n) is 4.56. The van der Waals surface area contributed by atoms with Crippen molar-refractivity contribution in [3.63, 3.8) is 0 Å². The van der Waals surface area contributed by atoms with Gasteiger partial charge in [-0.25, -0.2) is 4.98 Å². The van der Waals surface area contributed by atoms with Crippen LogP contribution in [-0.2, 0) is 6.54 Å². The van der Waals surface area contributed by atoms with Crippen LogP contribution >= 0.6 is 12.2 Å². The second-order valence-corrected chi connectivity index (χ2v) is 7.10. The van der Waals surface area contributed by atoms with Crippen LogP contribution in [0.5, 0.6) is 5.75 Å². The number of ether oxygens (including phenoxy) is 1. The summed E-state index contributed by atoms with van der Waals surface area (Å²) >= 11 is 5.58. The summed E-state index contributed by atoms with van der Waals surface area (Å²) in [5.74, 6) is 1.73. The van der Waals surface area contributed by atoms with E-state index < -0.39 is 0 Å². The predicted octanol–water partition coefficient (Wildman–Crippen LogP) is 3.22. The molecule has 0 unspecified atom stereocenters.